The Morgan fingerprint density at radius 2 is 1.89 bits per heavy atom. The van der Waals surface area contributed by atoms with Gasteiger partial charge in [-0.2, -0.15) is 0 Å². The Labute approximate surface area is 111 Å². The summed E-state index contributed by atoms with van der Waals surface area (Å²) in [6.07, 6.45) is 0. The van der Waals surface area contributed by atoms with Crippen LogP contribution in [-0.4, -0.2) is 19.1 Å². The lowest BCUT2D eigenvalue weighted by Gasteiger charge is -2.12. The first kappa shape index (κ1) is 11.6. The predicted octanol–water partition coefficient (Wildman–Crippen LogP) is 3.14. The first-order chi connectivity index (χ1) is 9.15. The number of rotatable bonds is 2. The van der Waals surface area contributed by atoms with Crippen molar-refractivity contribution in [2.75, 3.05) is 24.7 Å². The van der Waals surface area contributed by atoms with E-state index in [9.17, 15) is 0 Å². The summed E-state index contributed by atoms with van der Waals surface area (Å²) in [5.41, 5.74) is 10.0. The zero-order chi connectivity index (χ0) is 13.4. The van der Waals surface area contributed by atoms with Crippen LogP contribution in [0.4, 0.5) is 11.4 Å². The highest BCUT2D eigenvalue weighted by molar-refractivity contribution is 5.87. The maximum Gasteiger partial charge on any atom is 0.227 e. The summed E-state index contributed by atoms with van der Waals surface area (Å²) < 4.78 is 5.76. The van der Waals surface area contributed by atoms with Crippen LogP contribution < -0.4 is 10.6 Å². The molecule has 0 radical (unpaired) electrons. The van der Waals surface area contributed by atoms with Crippen LogP contribution in [0, 0.1) is 0 Å². The molecule has 0 aliphatic rings. The monoisotopic (exact) mass is 253 g/mol. The lowest BCUT2D eigenvalue weighted by Crippen LogP contribution is -2.08. The maximum atomic E-state index is 5.90. The van der Waals surface area contributed by atoms with Gasteiger partial charge in [0.1, 0.15) is 5.52 Å². The highest BCUT2D eigenvalue weighted by Crippen LogP contribution is 2.29. The molecule has 0 spiro atoms. The van der Waals surface area contributed by atoms with Gasteiger partial charge in [-0.1, -0.05) is 12.1 Å². The van der Waals surface area contributed by atoms with Crippen LogP contribution >= 0.6 is 0 Å². The van der Waals surface area contributed by atoms with E-state index in [1.54, 1.807) is 0 Å². The number of nitrogens with zero attached hydrogens (tertiary/aromatic N) is 2. The van der Waals surface area contributed by atoms with Gasteiger partial charge in [0.05, 0.1) is 5.69 Å². The van der Waals surface area contributed by atoms with Crippen molar-refractivity contribution in [3.8, 4) is 11.5 Å². The van der Waals surface area contributed by atoms with Gasteiger partial charge in [0, 0.05) is 25.3 Å². The summed E-state index contributed by atoms with van der Waals surface area (Å²) in [6, 6.07) is 13.6. The first-order valence-electron chi connectivity index (χ1n) is 6.08. The van der Waals surface area contributed by atoms with E-state index in [0.717, 1.165) is 11.3 Å². The van der Waals surface area contributed by atoms with Crippen LogP contribution in [0.2, 0.25) is 0 Å². The molecule has 4 nitrogen and oxygen atoms in total. The SMILES string of the molecule is CN(C)c1cccc(-c2nc3c(N)cccc3o2)c1. The van der Waals surface area contributed by atoms with Gasteiger partial charge in [0.2, 0.25) is 5.89 Å². The number of anilines is 2. The van der Waals surface area contributed by atoms with Crippen molar-refractivity contribution in [2.24, 2.45) is 0 Å². The van der Waals surface area contributed by atoms with Gasteiger partial charge in [0.25, 0.3) is 0 Å². The number of para-hydroxylation sites is 1. The summed E-state index contributed by atoms with van der Waals surface area (Å²) in [4.78, 5) is 6.51. The normalized spacial score (nSPS) is 10.8. The third-order valence-corrected chi connectivity index (χ3v) is 3.06. The Hall–Kier alpha value is -2.49. The molecule has 1 aromatic heterocycles. The molecule has 2 N–H and O–H groups in total. The number of hydrogen-bond donors (Lipinski definition) is 1. The summed E-state index contributed by atoms with van der Waals surface area (Å²) in [5, 5.41) is 0. The molecule has 0 aliphatic carbocycles. The van der Waals surface area contributed by atoms with Crippen molar-refractivity contribution in [1.29, 1.82) is 0 Å². The van der Waals surface area contributed by atoms with E-state index in [0.29, 0.717) is 22.7 Å². The molecule has 2 aromatic carbocycles. The molecule has 0 atom stereocenters. The van der Waals surface area contributed by atoms with Gasteiger partial charge in [0.15, 0.2) is 5.58 Å². The second-order valence-corrected chi connectivity index (χ2v) is 4.66. The smallest absolute Gasteiger partial charge is 0.227 e. The van der Waals surface area contributed by atoms with E-state index in [-0.39, 0.29) is 0 Å². The zero-order valence-corrected chi connectivity index (χ0v) is 10.9. The van der Waals surface area contributed by atoms with E-state index in [1.165, 1.54) is 0 Å². The molecule has 4 heteroatoms. The summed E-state index contributed by atoms with van der Waals surface area (Å²) in [5.74, 6) is 0.594. The minimum atomic E-state index is 0.594. The van der Waals surface area contributed by atoms with Crippen LogP contribution in [0.3, 0.4) is 0 Å². The molecule has 0 amide bonds. The Morgan fingerprint density at radius 3 is 2.63 bits per heavy atom. The zero-order valence-electron chi connectivity index (χ0n) is 10.9. The Bertz CT molecular complexity index is 731. The lowest BCUT2D eigenvalue weighted by atomic mass is 10.2. The highest BCUT2D eigenvalue weighted by Gasteiger charge is 2.10. The average molecular weight is 253 g/mol. The van der Waals surface area contributed by atoms with Gasteiger partial charge in [-0.3, -0.25) is 0 Å². The molecule has 19 heavy (non-hydrogen) atoms. The molecular weight excluding hydrogens is 238 g/mol. The Morgan fingerprint density at radius 1 is 1.11 bits per heavy atom. The van der Waals surface area contributed by atoms with Gasteiger partial charge < -0.3 is 15.1 Å². The molecule has 0 saturated carbocycles. The van der Waals surface area contributed by atoms with Crippen molar-refractivity contribution in [1.82, 2.24) is 4.98 Å². The molecule has 0 aliphatic heterocycles. The number of oxazole rings is 1. The molecule has 0 fully saturated rings. The average Bonchev–Trinajstić information content (AvgIpc) is 2.84. The van der Waals surface area contributed by atoms with E-state index in [2.05, 4.69) is 4.98 Å². The van der Waals surface area contributed by atoms with Gasteiger partial charge in [-0.25, -0.2) is 4.98 Å². The van der Waals surface area contributed by atoms with Crippen LogP contribution in [0.15, 0.2) is 46.9 Å². The van der Waals surface area contributed by atoms with Gasteiger partial charge >= 0.3 is 0 Å². The molecule has 96 valence electrons. The van der Waals surface area contributed by atoms with Gasteiger partial charge in [-0.05, 0) is 30.3 Å². The molecule has 0 unspecified atom stereocenters. The van der Waals surface area contributed by atoms with Crippen molar-refractivity contribution in [3.63, 3.8) is 0 Å². The molecule has 1 heterocycles. The molecular formula is C15H15N3O. The van der Waals surface area contributed by atoms with Crippen LogP contribution in [0.5, 0.6) is 0 Å². The van der Waals surface area contributed by atoms with E-state index in [1.807, 2.05) is 61.5 Å². The lowest BCUT2D eigenvalue weighted by molar-refractivity contribution is 0.620. The topological polar surface area (TPSA) is 55.3 Å². The number of aromatic nitrogens is 1. The third kappa shape index (κ3) is 2.01. The fourth-order valence-electron chi connectivity index (χ4n) is 2.01. The summed E-state index contributed by atoms with van der Waals surface area (Å²) in [7, 11) is 4.01. The number of hydrogen-bond acceptors (Lipinski definition) is 4. The fraction of sp³-hybridized carbons (Fsp3) is 0.133. The Balaban J connectivity index is 2.14. The van der Waals surface area contributed by atoms with E-state index in [4.69, 9.17) is 10.2 Å². The van der Waals surface area contributed by atoms with Crippen molar-refractivity contribution in [3.05, 3.63) is 42.5 Å². The standard InChI is InChI=1S/C15H15N3O/c1-18(2)11-6-3-5-10(9-11)15-17-14-12(16)7-4-8-13(14)19-15/h3-9H,16H2,1-2H3. The molecule has 3 rings (SSSR count). The first-order valence-corrected chi connectivity index (χ1v) is 6.08. The van der Waals surface area contributed by atoms with Crippen LogP contribution in [-0.2, 0) is 0 Å². The molecule has 0 bridgehead atoms. The third-order valence-electron chi connectivity index (χ3n) is 3.06. The maximum absolute atomic E-state index is 5.90. The minimum absolute atomic E-state index is 0.594. The highest BCUT2D eigenvalue weighted by atomic mass is 16.3. The number of benzene rings is 2. The summed E-state index contributed by atoms with van der Waals surface area (Å²) >= 11 is 0. The Kier molecular flexibility index (Phi) is 2.63. The second kappa shape index (κ2) is 4.31. The van der Waals surface area contributed by atoms with Crippen molar-refractivity contribution >= 4 is 22.5 Å². The van der Waals surface area contributed by atoms with E-state index >= 15 is 0 Å². The number of fused-ring (bicyclic) bond motifs is 1. The van der Waals surface area contributed by atoms with Crippen molar-refractivity contribution < 1.29 is 4.42 Å². The quantitative estimate of drug-likeness (QED) is 0.713. The van der Waals surface area contributed by atoms with Crippen LogP contribution in [0.25, 0.3) is 22.6 Å². The number of nitrogens with two attached hydrogens (primary N) is 1. The van der Waals surface area contributed by atoms with E-state index < -0.39 is 0 Å². The predicted molar refractivity (Wildman–Crippen MR) is 78.2 cm³/mol. The van der Waals surface area contributed by atoms with Gasteiger partial charge in [-0.15, -0.1) is 0 Å². The van der Waals surface area contributed by atoms with Crippen LogP contribution in [0.1, 0.15) is 0 Å². The fourth-order valence-corrected chi connectivity index (χ4v) is 2.01. The second-order valence-electron chi connectivity index (χ2n) is 4.66. The molecule has 0 saturated heterocycles. The minimum Gasteiger partial charge on any atom is -0.436 e. The summed E-state index contributed by atoms with van der Waals surface area (Å²) in [6.45, 7) is 0. The number of nitrogen functional groups attached to an aromatic ring is 1. The largest absolute Gasteiger partial charge is 0.436 e. The molecule has 3 aromatic rings. The van der Waals surface area contributed by atoms with Crippen molar-refractivity contribution in [2.45, 2.75) is 0 Å².